The van der Waals surface area contributed by atoms with E-state index in [0.29, 0.717) is 12.2 Å². The summed E-state index contributed by atoms with van der Waals surface area (Å²) in [6.45, 7) is 1.67. The topological polar surface area (TPSA) is 114 Å². The number of nitrogens with zero attached hydrogens (tertiary/aromatic N) is 4. The summed E-state index contributed by atoms with van der Waals surface area (Å²) in [5.41, 5.74) is -3.81. The van der Waals surface area contributed by atoms with E-state index < -0.39 is 59.4 Å². The molecule has 8 nitrogen and oxygen atoms in total. The third-order valence-electron chi connectivity index (χ3n) is 5.15. The zero-order chi connectivity index (χ0) is 26.1. The smallest absolute Gasteiger partial charge is 0.321 e. The molecule has 0 amide bonds. The Morgan fingerprint density at radius 1 is 1.23 bits per heavy atom. The lowest BCUT2D eigenvalue weighted by atomic mass is 10.0. The molecule has 0 aliphatic heterocycles. The van der Waals surface area contributed by atoms with E-state index in [4.69, 9.17) is 4.74 Å². The van der Waals surface area contributed by atoms with Crippen molar-refractivity contribution in [3.8, 4) is 17.6 Å². The van der Waals surface area contributed by atoms with Gasteiger partial charge in [0.1, 0.15) is 11.6 Å². The van der Waals surface area contributed by atoms with Crippen LogP contribution in [-0.4, -0.2) is 26.2 Å². The lowest BCUT2D eigenvalue weighted by Gasteiger charge is -2.19. The first-order valence-corrected chi connectivity index (χ1v) is 10.00. The normalized spacial score (nSPS) is 11.5. The Morgan fingerprint density at radius 2 is 1.91 bits per heavy atom. The van der Waals surface area contributed by atoms with E-state index in [2.05, 4.69) is 15.0 Å². The average molecular weight is 495 g/mol. The molecule has 3 aromatic rings. The summed E-state index contributed by atoms with van der Waals surface area (Å²) in [5.74, 6) is -5.56. The summed E-state index contributed by atoms with van der Waals surface area (Å²) in [5, 5.41) is 9.23. The van der Waals surface area contributed by atoms with Crippen molar-refractivity contribution >= 4 is 0 Å². The number of H-pyrrole nitrogens is 1. The number of hydrogen-bond donors (Lipinski definition) is 1. The molecule has 0 aliphatic carbocycles. The van der Waals surface area contributed by atoms with Gasteiger partial charge < -0.3 is 9.72 Å². The maximum atomic E-state index is 14.3. The fourth-order valence-corrected chi connectivity index (χ4v) is 3.27. The molecule has 3 rings (SSSR count). The van der Waals surface area contributed by atoms with Gasteiger partial charge in [-0.1, -0.05) is 0 Å². The second-order valence-electron chi connectivity index (χ2n) is 7.61. The van der Waals surface area contributed by atoms with E-state index in [9.17, 15) is 36.8 Å². The first kappa shape index (κ1) is 25.5. The zero-order valence-corrected chi connectivity index (χ0v) is 18.6. The molecule has 2 aromatic heterocycles. The Kier molecular flexibility index (Phi) is 7.04. The average Bonchev–Trinajstić information content (AvgIpc) is 2.79. The molecule has 0 saturated heterocycles. The van der Waals surface area contributed by atoms with Crippen LogP contribution >= 0.6 is 0 Å². The molecule has 0 aliphatic rings. The molecule has 0 spiro atoms. The first-order valence-electron chi connectivity index (χ1n) is 10.00. The third-order valence-corrected chi connectivity index (χ3v) is 5.15. The predicted molar refractivity (Wildman–Crippen MR) is 113 cm³/mol. The minimum Gasteiger partial charge on any atom is -0.449 e. The second-order valence-corrected chi connectivity index (χ2v) is 7.61. The lowest BCUT2D eigenvalue weighted by Crippen LogP contribution is -2.31. The van der Waals surface area contributed by atoms with E-state index in [1.165, 1.54) is 20.8 Å². The molecule has 0 saturated carbocycles. The highest BCUT2D eigenvalue weighted by Gasteiger charge is 2.39. The third kappa shape index (κ3) is 5.06. The summed E-state index contributed by atoms with van der Waals surface area (Å²) in [6.07, 6.45) is -2.35. The molecule has 184 valence electrons. The number of halogens is 5. The Morgan fingerprint density at radius 3 is 2.49 bits per heavy atom. The molecule has 0 radical (unpaired) electrons. The number of aryl methyl sites for hydroxylation is 2. The summed E-state index contributed by atoms with van der Waals surface area (Å²) in [4.78, 5) is 35.5. The highest BCUT2D eigenvalue weighted by atomic mass is 19.3. The summed E-state index contributed by atoms with van der Waals surface area (Å²) < 4.78 is 74.4. The Hall–Kier alpha value is -4.08. The molecule has 2 heterocycles. The molecule has 0 bridgehead atoms. The molecule has 0 atom stereocenters. The van der Waals surface area contributed by atoms with Crippen LogP contribution in [0.25, 0.3) is 0 Å². The van der Waals surface area contributed by atoms with Crippen molar-refractivity contribution in [2.24, 2.45) is 0 Å². The number of ether oxygens (including phenoxy) is 1. The number of aromatic nitrogens is 4. The van der Waals surface area contributed by atoms with Gasteiger partial charge >= 0.3 is 5.92 Å². The zero-order valence-electron chi connectivity index (χ0n) is 18.6. The molecule has 1 N–H and O–H groups in total. The van der Waals surface area contributed by atoms with Crippen LogP contribution in [0.15, 0.2) is 28.0 Å². The van der Waals surface area contributed by atoms with Gasteiger partial charge in [0.15, 0.2) is 12.4 Å². The lowest BCUT2D eigenvalue weighted by molar-refractivity contribution is -0.0342. The number of nitriles is 1. The van der Waals surface area contributed by atoms with Crippen molar-refractivity contribution in [1.82, 2.24) is 19.5 Å². The molecule has 35 heavy (non-hydrogen) atoms. The minimum absolute atomic E-state index is 0.0174. The number of hydrogen-bond acceptors (Lipinski definition) is 6. The van der Waals surface area contributed by atoms with Crippen LogP contribution in [0.1, 0.15) is 45.9 Å². The van der Waals surface area contributed by atoms with Gasteiger partial charge in [-0.05, 0) is 32.9 Å². The van der Waals surface area contributed by atoms with E-state index >= 15 is 0 Å². The van der Waals surface area contributed by atoms with Crippen LogP contribution in [0.4, 0.5) is 22.0 Å². The van der Waals surface area contributed by atoms with Gasteiger partial charge in [-0.15, -0.1) is 0 Å². The number of benzene rings is 1. The Bertz CT molecular complexity index is 1440. The largest absolute Gasteiger partial charge is 0.449 e. The van der Waals surface area contributed by atoms with Crippen molar-refractivity contribution in [2.45, 2.75) is 39.7 Å². The number of alkyl halides is 5. The number of nitrogens with one attached hydrogen (secondary N) is 1. The second kappa shape index (κ2) is 9.65. The van der Waals surface area contributed by atoms with Crippen molar-refractivity contribution < 1.29 is 26.7 Å². The molecular weight excluding hydrogens is 477 g/mol. The van der Waals surface area contributed by atoms with Crippen LogP contribution in [0.3, 0.4) is 0 Å². The number of rotatable bonds is 7. The maximum absolute atomic E-state index is 14.3. The highest BCUT2D eigenvalue weighted by Crippen LogP contribution is 2.36. The molecule has 0 unspecified atom stereocenters. The van der Waals surface area contributed by atoms with Crippen LogP contribution in [0.2, 0.25) is 0 Å². The first-order chi connectivity index (χ1) is 16.4. The molecule has 0 fully saturated rings. The van der Waals surface area contributed by atoms with Crippen LogP contribution in [0.5, 0.6) is 11.5 Å². The Balaban J connectivity index is 2.22. The van der Waals surface area contributed by atoms with E-state index in [1.807, 2.05) is 0 Å². The standard InChI is InChI=1S/C22H18F5N5O3/c1-10-14(6-28)4-13(19(24)25)5-16(10)35-17-18(22(26,27)8-23)29-9-32(21(17)34)7-15-11(2)30-12(3)31-20(15)33/h4-5,9,19H,7-8H2,1-3H3,(H,30,31,33). The van der Waals surface area contributed by atoms with Crippen molar-refractivity contribution in [2.75, 3.05) is 6.67 Å². The molecule has 13 heteroatoms. The van der Waals surface area contributed by atoms with Crippen molar-refractivity contribution in [3.63, 3.8) is 0 Å². The van der Waals surface area contributed by atoms with Gasteiger partial charge in [0.05, 0.1) is 30.1 Å². The van der Waals surface area contributed by atoms with Gasteiger partial charge in [-0.25, -0.2) is 23.1 Å². The Labute approximate surface area is 194 Å². The summed E-state index contributed by atoms with van der Waals surface area (Å²) in [6, 6.07) is 3.36. The van der Waals surface area contributed by atoms with E-state index in [-0.39, 0.29) is 22.4 Å². The number of aromatic amines is 1. The van der Waals surface area contributed by atoms with Crippen molar-refractivity contribution in [1.29, 1.82) is 5.26 Å². The molecular formula is C22H18F5N5O3. The van der Waals surface area contributed by atoms with E-state index in [1.54, 1.807) is 6.07 Å². The van der Waals surface area contributed by atoms with Gasteiger partial charge in [-0.2, -0.15) is 14.0 Å². The predicted octanol–water partition coefficient (Wildman–Crippen LogP) is 3.96. The highest BCUT2D eigenvalue weighted by molar-refractivity contribution is 5.51. The quantitative estimate of drug-likeness (QED) is 0.497. The molecule has 1 aromatic carbocycles. The van der Waals surface area contributed by atoms with Crippen LogP contribution < -0.4 is 15.9 Å². The fourth-order valence-electron chi connectivity index (χ4n) is 3.27. The van der Waals surface area contributed by atoms with Gasteiger partial charge in [0, 0.05) is 16.8 Å². The minimum atomic E-state index is -4.25. The summed E-state index contributed by atoms with van der Waals surface area (Å²) >= 11 is 0. The van der Waals surface area contributed by atoms with Crippen LogP contribution in [-0.2, 0) is 12.5 Å². The van der Waals surface area contributed by atoms with Crippen LogP contribution in [0, 0.1) is 32.1 Å². The van der Waals surface area contributed by atoms with Gasteiger partial charge in [-0.3, -0.25) is 14.2 Å². The van der Waals surface area contributed by atoms with Crippen molar-refractivity contribution in [3.05, 3.63) is 78.6 Å². The van der Waals surface area contributed by atoms with Gasteiger partial charge in [0.2, 0.25) is 5.75 Å². The SMILES string of the molecule is Cc1nc(C)c(Cn2cnc(C(F)(F)CF)c(Oc3cc(C(F)F)cc(C#N)c3C)c2=O)c(=O)[nH]1. The maximum Gasteiger partial charge on any atom is 0.321 e. The fraction of sp³-hybridized carbons (Fsp3) is 0.318. The summed E-state index contributed by atoms with van der Waals surface area (Å²) in [7, 11) is 0. The monoisotopic (exact) mass is 495 g/mol. The van der Waals surface area contributed by atoms with Gasteiger partial charge in [0.25, 0.3) is 17.5 Å². The van der Waals surface area contributed by atoms with E-state index in [0.717, 1.165) is 16.7 Å².